The second kappa shape index (κ2) is 5.82. The van der Waals surface area contributed by atoms with Crippen LogP contribution in [0.4, 0.5) is 0 Å². The zero-order valence-electron chi connectivity index (χ0n) is 13.0. The average molecular weight is 266 g/mol. The number of amides is 1. The van der Waals surface area contributed by atoms with Gasteiger partial charge in [-0.3, -0.25) is 4.79 Å². The molecule has 3 nitrogen and oxygen atoms in total. The molecule has 2 fully saturated rings. The lowest BCUT2D eigenvalue weighted by Gasteiger charge is -2.37. The molecule has 0 aliphatic carbocycles. The highest BCUT2D eigenvalue weighted by Crippen LogP contribution is 2.41. The van der Waals surface area contributed by atoms with Gasteiger partial charge < -0.3 is 10.2 Å². The molecule has 2 atom stereocenters. The van der Waals surface area contributed by atoms with E-state index in [9.17, 15) is 4.79 Å². The van der Waals surface area contributed by atoms with Crippen LogP contribution in [0.25, 0.3) is 0 Å². The molecule has 1 N–H and O–H groups in total. The van der Waals surface area contributed by atoms with E-state index in [1.807, 2.05) is 0 Å². The molecule has 0 aromatic carbocycles. The van der Waals surface area contributed by atoms with Crippen LogP contribution in [0.2, 0.25) is 0 Å². The van der Waals surface area contributed by atoms with Crippen molar-refractivity contribution in [1.82, 2.24) is 10.2 Å². The molecule has 1 amide bonds. The third-order valence-corrected chi connectivity index (χ3v) is 5.25. The number of hydrogen-bond acceptors (Lipinski definition) is 2. The number of carbonyl (C=O) groups is 1. The van der Waals surface area contributed by atoms with Crippen molar-refractivity contribution in [2.75, 3.05) is 19.6 Å². The molecule has 0 saturated carbocycles. The fourth-order valence-electron chi connectivity index (χ4n) is 4.10. The Morgan fingerprint density at radius 1 is 1.26 bits per heavy atom. The predicted molar refractivity (Wildman–Crippen MR) is 78.9 cm³/mol. The molecule has 0 radical (unpaired) electrons. The largest absolute Gasteiger partial charge is 0.337 e. The van der Waals surface area contributed by atoms with E-state index >= 15 is 0 Å². The Kier molecular flexibility index (Phi) is 4.54. The van der Waals surface area contributed by atoms with Gasteiger partial charge in [-0.15, -0.1) is 0 Å². The number of nitrogens with one attached hydrogen (secondary N) is 1. The van der Waals surface area contributed by atoms with Gasteiger partial charge in [0, 0.05) is 31.1 Å². The van der Waals surface area contributed by atoms with Crippen molar-refractivity contribution in [2.45, 2.75) is 58.9 Å². The monoisotopic (exact) mass is 266 g/mol. The Bertz CT molecular complexity index is 321. The van der Waals surface area contributed by atoms with E-state index < -0.39 is 0 Å². The topological polar surface area (TPSA) is 32.3 Å². The van der Waals surface area contributed by atoms with Gasteiger partial charge in [-0.25, -0.2) is 0 Å². The van der Waals surface area contributed by atoms with Crippen LogP contribution in [0.1, 0.15) is 53.4 Å². The Hall–Kier alpha value is -0.570. The molecule has 0 aromatic heterocycles. The van der Waals surface area contributed by atoms with E-state index in [4.69, 9.17) is 0 Å². The van der Waals surface area contributed by atoms with Gasteiger partial charge in [-0.05, 0) is 38.5 Å². The summed E-state index contributed by atoms with van der Waals surface area (Å²) in [6.45, 7) is 12.0. The second-order valence-corrected chi connectivity index (χ2v) is 6.90. The first-order valence-corrected chi connectivity index (χ1v) is 8.04. The third kappa shape index (κ3) is 2.67. The summed E-state index contributed by atoms with van der Waals surface area (Å²) in [5, 5.41) is 3.48. The van der Waals surface area contributed by atoms with Crippen molar-refractivity contribution in [1.29, 1.82) is 0 Å². The van der Waals surface area contributed by atoms with Gasteiger partial charge in [-0.1, -0.05) is 26.7 Å². The Morgan fingerprint density at radius 3 is 2.42 bits per heavy atom. The number of fused-ring (bicyclic) bond motifs is 1. The number of rotatable bonds is 5. The molecule has 2 aliphatic rings. The van der Waals surface area contributed by atoms with Gasteiger partial charge in [0.2, 0.25) is 5.91 Å². The van der Waals surface area contributed by atoms with Gasteiger partial charge in [0.25, 0.3) is 0 Å². The Balaban J connectivity index is 2.10. The summed E-state index contributed by atoms with van der Waals surface area (Å²) in [6.07, 6.45) is 4.32. The number of likely N-dealkylation sites (tertiary alicyclic amines) is 1. The zero-order valence-corrected chi connectivity index (χ0v) is 13.0. The molecule has 110 valence electrons. The maximum atomic E-state index is 12.9. The summed E-state index contributed by atoms with van der Waals surface area (Å²) in [5.74, 6) is 1.98. The van der Waals surface area contributed by atoms with Crippen molar-refractivity contribution in [3.8, 4) is 0 Å². The van der Waals surface area contributed by atoms with Crippen LogP contribution in [0, 0.1) is 17.8 Å². The summed E-state index contributed by atoms with van der Waals surface area (Å²) in [7, 11) is 0. The summed E-state index contributed by atoms with van der Waals surface area (Å²) in [6, 6.07) is 0. The number of nitrogens with zero attached hydrogens (tertiary/aromatic N) is 1. The van der Waals surface area contributed by atoms with Crippen LogP contribution < -0.4 is 5.32 Å². The van der Waals surface area contributed by atoms with Crippen LogP contribution in [-0.4, -0.2) is 36.0 Å². The fourth-order valence-corrected chi connectivity index (χ4v) is 4.10. The van der Waals surface area contributed by atoms with Gasteiger partial charge in [-0.2, -0.15) is 0 Å². The van der Waals surface area contributed by atoms with Crippen LogP contribution in [0.5, 0.6) is 0 Å². The van der Waals surface area contributed by atoms with Crippen molar-refractivity contribution in [2.24, 2.45) is 17.8 Å². The quantitative estimate of drug-likeness (QED) is 0.829. The van der Waals surface area contributed by atoms with E-state index in [0.717, 1.165) is 45.3 Å². The van der Waals surface area contributed by atoms with E-state index in [1.165, 1.54) is 0 Å². The van der Waals surface area contributed by atoms with Crippen molar-refractivity contribution < 1.29 is 4.79 Å². The van der Waals surface area contributed by atoms with Gasteiger partial charge in [0.05, 0.1) is 0 Å². The molecule has 0 spiro atoms. The fraction of sp³-hybridized carbons (Fsp3) is 0.938. The molecular formula is C16H30N2O. The molecule has 2 aliphatic heterocycles. The minimum atomic E-state index is 0.0327. The summed E-state index contributed by atoms with van der Waals surface area (Å²) in [5.41, 5.74) is 0.0327. The third-order valence-electron chi connectivity index (χ3n) is 5.25. The van der Waals surface area contributed by atoms with Crippen LogP contribution in [0.15, 0.2) is 0 Å². The standard InChI is InChI=1S/C16H30N2O/c1-5-7-12(8-6-2)15(19)18-11-13-9-17-10-14(13)16(18,3)4/h12-14,17H,5-11H2,1-4H3. The predicted octanol–water partition coefficient (Wildman–Crippen LogP) is 2.66. The molecule has 2 saturated heterocycles. The maximum absolute atomic E-state index is 12.9. The van der Waals surface area contributed by atoms with Crippen molar-refractivity contribution >= 4 is 5.91 Å². The molecule has 0 bridgehead atoms. The molecule has 19 heavy (non-hydrogen) atoms. The molecule has 3 heteroatoms. The van der Waals surface area contributed by atoms with E-state index in [2.05, 4.69) is 37.9 Å². The van der Waals surface area contributed by atoms with Gasteiger partial charge in [0.1, 0.15) is 0 Å². The maximum Gasteiger partial charge on any atom is 0.226 e. The van der Waals surface area contributed by atoms with E-state index in [1.54, 1.807) is 0 Å². The van der Waals surface area contributed by atoms with Crippen LogP contribution in [-0.2, 0) is 4.79 Å². The van der Waals surface area contributed by atoms with Gasteiger partial charge in [0.15, 0.2) is 0 Å². The van der Waals surface area contributed by atoms with Crippen molar-refractivity contribution in [3.63, 3.8) is 0 Å². The highest BCUT2D eigenvalue weighted by Gasteiger charge is 2.51. The lowest BCUT2D eigenvalue weighted by Crippen LogP contribution is -2.49. The minimum Gasteiger partial charge on any atom is -0.337 e. The zero-order chi connectivity index (χ0) is 14.0. The first-order chi connectivity index (χ1) is 9.02. The highest BCUT2D eigenvalue weighted by atomic mass is 16.2. The lowest BCUT2D eigenvalue weighted by molar-refractivity contribution is -0.140. The molecule has 2 unspecified atom stereocenters. The second-order valence-electron chi connectivity index (χ2n) is 6.90. The lowest BCUT2D eigenvalue weighted by atomic mass is 9.84. The average Bonchev–Trinajstić information content (AvgIpc) is 2.91. The molecule has 2 heterocycles. The molecular weight excluding hydrogens is 236 g/mol. The SMILES string of the molecule is CCCC(CCC)C(=O)N1CC2CNCC2C1(C)C. The summed E-state index contributed by atoms with van der Waals surface area (Å²) >= 11 is 0. The van der Waals surface area contributed by atoms with E-state index in [0.29, 0.717) is 17.7 Å². The summed E-state index contributed by atoms with van der Waals surface area (Å²) < 4.78 is 0. The molecule has 0 aromatic rings. The first kappa shape index (κ1) is 14.8. The highest BCUT2D eigenvalue weighted by molar-refractivity contribution is 5.80. The number of carbonyl (C=O) groups excluding carboxylic acids is 1. The van der Waals surface area contributed by atoms with Crippen LogP contribution in [0.3, 0.4) is 0 Å². The minimum absolute atomic E-state index is 0.0327. The van der Waals surface area contributed by atoms with Crippen molar-refractivity contribution in [3.05, 3.63) is 0 Å². The number of hydrogen-bond donors (Lipinski definition) is 1. The Morgan fingerprint density at radius 2 is 1.89 bits per heavy atom. The summed E-state index contributed by atoms with van der Waals surface area (Å²) in [4.78, 5) is 15.1. The normalized spacial score (nSPS) is 29.0. The molecule has 2 rings (SSSR count). The Labute approximate surface area is 118 Å². The van der Waals surface area contributed by atoms with Crippen LogP contribution >= 0.6 is 0 Å². The smallest absolute Gasteiger partial charge is 0.226 e. The van der Waals surface area contributed by atoms with E-state index in [-0.39, 0.29) is 11.5 Å². The first-order valence-electron chi connectivity index (χ1n) is 8.04. The van der Waals surface area contributed by atoms with Gasteiger partial charge >= 0.3 is 0 Å².